The first-order valence-corrected chi connectivity index (χ1v) is 7.53. The van der Waals surface area contributed by atoms with E-state index < -0.39 is 12.2 Å². The molecule has 1 N–H and O–H groups in total. The molecule has 0 saturated carbocycles. The average Bonchev–Trinajstić information content (AvgIpc) is 2.98. The molecule has 1 aromatic heterocycles. The van der Waals surface area contributed by atoms with Gasteiger partial charge >= 0.3 is 12.0 Å². The van der Waals surface area contributed by atoms with Crippen LogP contribution in [0.4, 0.5) is 10.6 Å². The van der Waals surface area contributed by atoms with Gasteiger partial charge in [-0.15, -0.1) is 0 Å². The van der Waals surface area contributed by atoms with Crippen molar-refractivity contribution in [1.82, 2.24) is 15.0 Å². The van der Waals surface area contributed by atoms with Gasteiger partial charge in [-0.25, -0.2) is 4.79 Å². The van der Waals surface area contributed by atoms with E-state index in [0.29, 0.717) is 18.1 Å². The standard InChI is InChI=1S/C15H23N3O4/c1-6-7-18(12-8-11(22-17-12)15(3,4)5)13(21-10(2)19)9-16-14(18)20/h8,13H,6-7,9H2,1-5H3/p+1. The van der Waals surface area contributed by atoms with E-state index in [9.17, 15) is 9.59 Å². The fourth-order valence-electron chi connectivity index (χ4n) is 2.70. The number of nitrogens with one attached hydrogen (secondary N) is 1. The highest BCUT2D eigenvalue weighted by Crippen LogP contribution is 2.34. The van der Waals surface area contributed by atoms with E-state index in [4.69, 9.17) is 9.26 Å². The SMILES string of the molecule is CCC[N+]1(c2cc(C(C)(C)C)on2)C(=O)NCC1OC(C)=O. The number of hydrogen-bond acceptors (Lipinski definition) is 5. The molecule has 2 unspecified atom stereocenters. The van der Waals surface area contributed by atoms with Gasteiger partial charge in [0, 0.05) is 12.3 Å². The minimum absolute atomic E-state index is 0.157. The van der Waals surface area contributed by atoms with Crippen molar-refractivity contribution in [1.29, 1.82) is 0 Å². The second-order valence-corrected chi connectivity index (χ2v) is 6.64. The molecule has 0 radical (unpaired) electrons. The Bertz CT molecular complexity index is 576. The maximum absolute atomic E-state index is 12.5. The number of aromatic nitrogens is 1. The van der Waals surface area contributed by atoms with Crippen molar-refractivity contribution >= 4 is 17.8 Å². The molecule has 2 rings (SSSR count). The highest BCUT2D eigenvalue weighted by molar-refractivity contribution is 5.89. The number of urea groups is 1. The van der Waals surface area contributed by atoms with Crippen LogP contribution in [0.15, 0.2) is 10.6 Å². The molecule has 7 heteroatoms. The summed E-state index contributed by atoms with van der Waals surface area (Å²) in [6, 6.07) is 1.57. The first-order chi connectivity index (χ1) is 10.2. The van der Waals surface area contributed by atoms with Crippen LogP contribution < -0.4 is 9.80 Å². The molecule has 0 bridgehead atoms. The largest absolute Gasteiger partial charge is 0.426 e. The quantitative estimate of drug-likeness (QED) is 0.681. The van der Waals surface area contributed by atoms with E-state index in [1.807, 2.05) is 27.7 Å². The van der Waals surface area contributed by atoms with E-state index in [1.165, 1.54) is 6.92 Å². The molecule has 1 aliphatic heterocycles. The third-order valence-corrected chi connectivity index (χ3v) is 3.81. The lowest BCUT2D eigenvalue weighted by Crippen LogP contribution is -2.59. The predicted molar refractivity (Wildman–Crippen MR) is 81.1 cm³/mol. The Hall–Kier alpha value is -1.89. The molecule has 2 amide bonds. The molecule has 1 aromatic rings. The van der Waals surface area contributed by atoms with Crippen LogP contribution in [-0.4, -0.2) is 36.5 Å². The van der Waals surface area contributed by atoms with Gasteiger partial charge in [0.15, 0.2) is 0 Å². The van der Waals surface area contributed by atoms with Crippen LogP contribution in [0.5, 0.6) is 0 Å². The third kappa shape index (κ3) is 2.72. The molecule has 0 aromatic carbocycles. The molecule has 1 fully saturated rings. The van der Waals surface area contributed by atoms with Gasteiger partial charge < -0.3 is 9.26 Å². The number of rotatable bonds is 4. The van der Waals surface area contributed by atoms with Gasteiger partial charge in [-0.2, -0.15) is 4.48 Å². The zero-order valence-electron chi connectivity index (χ0n) is 13.8. The van der Waals surface area contributed by atoms with Crippen LogP contribution in [0.3, 0.4) is 0 Å². The Labute approximate surface area is 130 Å². The van der Waals surface area contributed by atoms with Crippen LogP contribution in [-0.2, 0) is 14.9 Å². The fourth-order valence-corrected chi connectivity index (χ4v) is 2.70. The number of ether oxygens (including phenoxy) is 1. The number of nitrogens with zero attached hydrogens (tertiary/aromatic N) is 2. The predicted octanol–water partition coefficient (Wildman–Crippen LogP) is 2.30. The average molecular weight is 310 g/mol. The summed E-state index contributed by atoms with van der Waals surface area (Å²) in [5.41, 5.74) is -0.214. The zero-order valence-corrected chi connectivity index (χ0v) is 13.8. The van der Waals surface area contributed by atoms with Gasteiger partial charge in [-0.3, -0.25) is 10.1 Å². The summed E-state index contributed by atoms with van der Waals surface area (Å²) in [6.45, 7) is 10.1. The van der Waals surface area contributed by atoms with E-state index in [2.05, 4.69) is 10.5 Å². The Morgan fingerprint density at radius 1 is 1.55 bits per heavy atom. The summed E-state index contributed by atoms with van der Waals surface area (Å²) < 4.78 is 10.6. The Kier molecular flexibility index (Phi) is 4.28. The number of esters is 1. The molecular weight excluding hydrogens is 286 g/mol. The van der Waals surface area contributed by atoms with Crippen LogP contribution in [0.2, 0.25) is 0 Å². The maximum Gasteiger partial charge on any atom is 0.426 e. The highest BCUT2D eigenvalue weighted by Gasteiger charge is 2.55. The van der Waals surface area contributed by atoms with Crippen molar-refractivity contribution in [3.63, 3.8) is 0 Å². The van der Waals surface area contributed by atoms with Gasteiger partial charge in [0.25, 0.3) is 12.0 Å². The van der Waals surface area contributed by atoms with Crippen LogP contribution in [0, 0.1) is 0 Å². The number of carbonyl (C=O) groups excluding carboxylic acids is 2. The summed E-state index contributed by atoms with van der Waals surface area (Å²) in [5, 5.41) is 6.88. The minimum Gasteiger partial charge on any atom is -0.409 e. The Balaban J connectivity index is 2.48. The Morgan fingerprint density at radius 2 is 2.23 bits per heavy atom. The van der Waals surface area contributed by atoms with Crippen molar-refractivity contribution in [2.45, 2.75) is 52.7 Å². The number of amides is 2. The van der Waals surface area contributed by atoms with Crippen molar-refractivity contribution in [2.24, 2.45) is 0 Å². The van der Waals surface area contributed by atoms with Gasteiger partial charge in [0.1, 0.15) is 12.3 Å². The molecule has 1 saturated heterocycles. The molecule has 0 spiro atoms. The lowest BCUT2D eigenvalue weighted by molar-refractivity contribution is -0.151. The first kappa shape index (κ1) is 16.5. The number of carbonyl (C=O) groups is 2. The molecule has 7 nitrogen and oxygen atoms in total. The van der Waals surface area contributed by atoms with Crippen LogP contribution in [0.1, 0.15) is 46.8 Å². The van der Waals surface area contributed by atoms with Gasteiger partial charge in [0.05, 0.1) is 12.6 Å². The highest BCUT2D eigenvalue weighted by atomic mass is 16.6. The minimum atomic E-state index is -0.622. The molecular formula is C15H24N3O4+. The molecule has 0 aliphatic carbocycles. The summed E-state index contributed by atoms with van der Waals surface area (Å²) in [7, 11) is 0. The van der Waals surface area contributed by atoms with Gasteiger partial charge in [-0.05, 0) is 11.6 Å². The second kappa shape index (κ2) is 5.72. The normalized spacial score (nSPS) is 25.1. The first-order valence-electron chi connectivity index (χ1n) is 7.53. The lowest BCUT2D eigenvalue weighted by atomic mass is 9.93. The van der Waals surface area contributed by atoms with E-state index >= 15 is 0 Å². The molecule has 1 aliphatic rings. The van der Waals surface area contributed by atoms with Crippen LogP contribution >= 0.6 is 0 Å². The summed E-state index contributed by atoms with van der Waals surface area (Å²) in [6.07, 6.45) is 0.117. The fraction of sp³-hybridized carbons (Fsp3) is 0.667. The van der Waals surface area contributed by atoms with Crippen molar-refractivity contribution in [3.05, 3.63) is 11.8 Å². The van der Waals surface area contributed by atoms with Crippen molar-refractivity contribution in [3.8, 4) is 0 Å². The van der Waals surface area contributed by atoms with Crippen molar-refractivity contribution in [2.75, 3.05) is 13.1 Å². The molecule has 2 atom stereocenters. The summed E-state index contributed by atoms with van der Waals surface area (Å²) in [4.78, 5) is 23.9. The van der Waals surface area contributed by atoms with E-state index in [0.717, 1.165) is 6.42 Å². The molecule has 22 heavy (non-hydrogen) atoms. The Morgan fingerprint density at radius 3 is 2.73 bits per heavy atom. The smallest absolute Gasteiger partial charge is 0.409 e. The topological polar surface area (TPSA) is 81.4 Å². The molecule has 2 heterocycles. The second-order valence-electron chi connectivity index (χ2n) is 6.64. The summed E-state index contributed by atoms with van der Waals surface area (Å²) in [5.74, 6) is 0.755. The lowest BCUT2D eigenvalue weighted by Gasteiger charge is -2.31. The number of quaternary nitrogens is 1. The van der Waals surface area contributed by atoms with E-state index in [-0.39, 0.29) is 22.5 Å². The third-order valence-electron chi connectivity index (χ3n) is 3.81. The van der Waals surface area contributed by atoms with Crippen LogP contribution in [0.25, 0.3) is 0 Å². The maximum atomic E-state index is 12.5. The number of hydrogen-bond donors (Lipinski definition) is 1. The van der Waals surface area contributed by atoms with Gasteiger partial charge in [0.2, 0.25) is 0 Å². The zero-order chi connectivity index (χ0) is 16.5. The van der Waals surface area contributed by atoms with Gasteiger partial charge in [-0.1, -0.05) is 27.7 Å². The van der Waals surface area contributed by atoms with E-state index in [1.54, 1.807) is 6.07 Å². The van der Waals surface area contributed by atoms with Crippen molar-refractivity contribution < 1.29 is 18.8 Å². The summed E-state index contributed by atoms with van der Waals surface area (Å²) >= 11 is 0. The monoisotopic (exact) mass is 310 g/mol. The molecule has 122 valence electrons.